The summed E-state index contributed by atoms with van der Waals surface area (Å²) in [5.74, 6) is 0. The molecule has 0 saturated heterocycles. The van der Waals surface area contributed by atoms with Gasteiger partial charge in [-0.15, -0.1) is 0 Å². The van der Waals surface area contributed by atoms with Gasteiger partial charge in [-0.25, -0.2) is 0 Å². The molecule has 0 aliphatic heterocycles. The molecular weight excluding hydrogens is 238 g/mol. The van der Waals surface area contributed by atoms with Crippen LogP contribution in [0.5, 0.6) is 0 Å². The lowest BCUT2D eigenvalue weighted by atomic mass is 10.2. The third kappa shape index (κ3) is 1.97. The van der Waals surface area contributed by atoms with E-state index in [4.69, 9.17) is 0 Å². The maximum absolute atomic E-state index is 11.8. The third-order valence-corrected chi connectivity index (χ3v) is 3.13. The van der Waals surface area contributed by atoms with E-state index in [1.165, 1.54) is 0 Å². The average molecular weight is 251 g/mol. The number of nitrogens with zero attached hydrogens (tertiary/aromatic N) is 3. The van der Waals surface area contributed by atoms with E-state index in [1.807, 2.05) is 53.1 Å². The summed E-state index contributed by atoms with van der Waals surface area (Å²) in [6, 6.07) is 13.0. The van der Waals surface area contributed by atoms with Gasteiger partial charge in [0.25, 0.3) is 0 Å². The SMILES string of the molecule is CN(c1cccnc1)n1ccc(=O)c2ccccc21. The lowest BCUT2D eigenvalue weighted by Crippen LogP contribution is -2.26. The van der Waals surface area contributed by atoms with Crippen molar-refractivity contribution in [2.24, 2.45) is 0 Å². The van der Waals surface area contributed by atoms with Gasteiger partial charge >= 0.3 is 0 Å². The lowest BCUT2D eigenvalue weighted by molar-refractivity contribution is 0.796. The Labute approximate surface area is 110 Å². The molecule has 0 atom stereocenters. The molecule has 3 aromatic rings. The van der Waals surface area contributed by atoms with Crippen LogP contribution in [-0.4, -0.2) is 16.7 Å². The molecule has 0 bridgehead atoms. The van der Waals surface area contributed by atoms with Gasteiger partial charge < -0.3 is 0 Å². The fourth-order valence-electron chi connectivity index (χ4n) is 2.12. The van der Waals surface area contributed by atoms with E-state index in [-0.39, 0.29) is 5.43 Å². The number of anilines is 1. The first kappa shape index (κ1) is 11.5. The van der Waals surface area contributed by atoms with Crippen molar-refractivity contribution < 1.29 is 0 Å². The standard InChI is InChI=1S/C15H13N3O/c1-17(12-5-4-9-16-11-12)18-10-8-15(19)13-6-2-3-7-14(13)18/h2-11H,1H3. The zero-order chi connectivity index (χ0) is 13.2. The van der Waals surface area contributed by atoms with Crippen LogP contribution < -0.4 is 10.4 Å². The van der Waals surface area contributed by atoms with Crippen LogP contribution in [0.3, 0.4) is 0 Å². The van der Waals surface area contributed by atoms with Gasteiger partial charge in [0.2, 0.25) is 0 Å². The molecule has 19 heavy (non-hydrogen) atoms. The van der Waals surface area contributed by atoms with Crippen molar-refractivity contribution in [3.05, 3.63) is 71.3 Å². The Balaban J connectivity index is 2.21. The number of fused-ring (bicyclic) bond motifs is 1. The molecule has 0 aliphatic carbocycles. The molecule has 0 saturated carbocycles. The molecule has 0 aliphatic rings. The van der Waals surface area contributed by atoms with Crippen LogP contribution in [-0.2, 0) is 0 Å². The molecule has 2 aromatic heterocycles. The Morgan fingerprint density at radius 2 is 1.95 bits per heavy atom. The molecule has 0 N–H and O–H groups in total. The Kier molecular flexibility index (Phi) is 2.76. The van der Waals surface area contributed by atoms with Gasteiger partial charge in [0.05, 0.1) is 17.4 Å². The minimum Gasteiger partial charge on any atom is -0.289 e. The van der Waals surface area contributed by atoms with Crippen molar-refractivity contribution >= 4 is 16.6 Å². The molecule has 1 aromatic carbocycles. The number of aromatic nitrogens is 2. The van der Waals surface area contributed by atoms with E-state index >= 15 is 0 Å². The molecule has 0 unspecified atom stereocenters. The van der Waals surface area contributed by atoms with Crippen molar-refractivity contribution in [2.75, 3.05) is 12.1 Å². The van der Waals surface area contributed by atoms with Crippen molar-refractivity contribution in [2.45, 2.75) is 0 Å². The highest BCUT2D eigenvalue weighted by Gasteiger charge is 2.07. The molecular formula is C15H13N3O. The number of benzene rings is 1. The van der Waals surface area contributed by atoms with Crippen LogP contribution in [0, 0.1) is 0 Å². The predicted octanol–water partition coefficient (Wildman–Crippen LogP) is 2.30. The molecule has 4 nitrogen and oxygen atoms in total. The Hall–Kier alpha value is -2.62. The van der Waals surface area contributed by atoms with Crippen molar-refractivity contribution in [3.63, 3.8) is 0 Å². The first-order valence-electron chi connectivity index (χ1n) is 6.02. The van der Waals surface area contributed by atoms with E-state index in [2.05, 4.69) is 4.98 Å². The first-order chi connectivity index (χ1) is 9.27. The molecule has 0 fully saturated rings. The zero-order valence-corrected chi connectivity index (χ0v) is 10.5. The predicted molar refractivity (Wildman–Crippen MR) is 76.2 cm³/mol. The smallest absolute Gasteiger partial charge is 0.189 e. The number of hydrogen-bond donors (Lipinski definition) is 0. The van der Waals surface area contributed by atoms with Crippen LogP contribution in [0.4, 0.5) is 5.69 Å². The topological polar surface area (TPSA) is 38.1 Å². The van der Waals surface area contributed by atoms with Gasteiger partial charge in [-0.3, -0.25) is 19.5 Å². The third-order valence-electron chi connectivity index (χ3n) is 3.13. The second-order valence-corrected chi connectivity index (χ2v) is 4.28. The second-order valence-electron chi connectivity index (χ2n) is 4.28. The Morgan fingerprint density at radius 3 is 2.74 bits per heavy atom. The monoisotopic (exact) mass is 251 g/mol. The minimum absolute atomic E-state index is 0.0337. The summed E-state index contributed by atoms with van der Waals surface area (Å²) in [4.78, 5) is 16.0. The van der Waals surface area contributed by atoms with Gasteiger partial charge in [0, 0.05) is 30.9 Å². The quantitative estimate of drug-likeness (QED) is 0.701. The summed E-state index contributed by atoms with van der Waals surface area (Å²) in [5, 5.41) is 2.66. The second kappa shape index (κ2) is 4.57. The largest absolute Gasteiger partial charge is 0.289 e. The van der Waals surface area contributed by atoms with Crippen molar-refractivity contribution in [1.29, 1.82) is 0 Å². The minimum atomic E-state index is 0.0337. The summed E-state index contributed by atoms with van der Waals surface area (Å²) < 4.78 is 1.94. The highest BCUT2D eigenvalue weighted by Crippen LogP contribution is 2.15. The fraction of sp³-hybridized carbons (Fsp3) is 0.0667. The van der Waals surface area contributed by atoms with Gasteiger partial charge in [-0.05, 0) is 24.3 Å². The number of rotatable bonds is 2. The van der Waals surface area contributed by atoms with Crippen LogP contribution in [0.15, 0.2) is 65.8 Å². The highest BCUT2D eigenvalue weighted by molar-refractivity contribution is 5.79. The van der Waals surface area contributed by atoms with Gasteiger partial charge in [-0.2, -0.15) is 0 Å². The lowest BCUT2D eigenvalue weighted by Gasteiger charge is -2.23. The summed E-state index contributed by atoms with van der Waals surface area (Å²) in [6.45, 7) is 0. The summed E-state index contributed by atoms with van der Waals surface area (Å²) in [6.07, 6.45) is 5.30. The van der Waals surface area contributed by atoms with Crippen LogP contribution in [0.1, 0.15) is 0 Å². The van der Waals surface area contributed by atoms with Crippen LogP contribution >= 0.6 is 0 Å². The number of hydrogen-bond acceptors (Lipinski definition) is 3. The number of pyridine rings is 2. The van der Waals surface area contributed by atoms with E-state index in [0.29, 0.717) is 5.39 Å². The van der Waals surface area contributed by atoms with Crippen LogP contribution in [0.25, 0.3) is 10.9 Å². The first-order valence-corrected chi connectivity index (χ1v) is 6.02. The van der Waals surface area contributed by atoms with E-state index in [0.717, 1.165) is 11.2 Å². The maximum atomic E-state index is 11.8. The highest BCUT2D eigenvalue weighted by atomic mass is 16.1. The van der Waals surface area contributed by atoms with Crippen molar-refractivity contribution in [1.82, 2.24) is 9.66 Å². The van der Waals surface area contributed by atoms with E-state index in [9.17, 15) is 4.79 Å². The Bertz CT molecular complexity index is 765. The average Bonchev–Trinajstić information content (AvgIpc) is 2.48. The summed E-state index contributed by atoms with van der Waals surface area (Å²) in [5.41, 5.74) is 1.86. The summed E-state index contributed by atoms with van der Waals surface area (Å²) in [7, 11) is 1.94. The maximum Gasteiger partial charge on any atom is 0.189 e. The molecule has 3 rings (SSSR count). The molecule has 0 radical (unpaired) electrons. The molecule has 0 spiro atoms. The van der Waals surface area contributed by atoms with Crippen molar-refractivity contribution in [3.8, 4) is 0 Å². The van der Waals surface area contributed by atoms with Gasteiger partial charge in [-0.1, -0.05) is 12.1 Å². The van der Waals surface area contributed by atoms with E-state index < -0.39 is 0 Å². The molecule has 4 heteroatoms. The van der Waals surface area contributed by atoms with Gasteiger partial charge in [0.1, 0.15) is 0 Å². The van der Waals surface area contributed by atoms with Crippen LogP contribution in [0.2, 0.25) is 0 Å². The molecule has 2 heterocycles. The normalized spacial score (nSPS) is 10.6. The summed E-state index contributed by atoms with van der Waals surface area (Å²) >= 11 is 0. The molecule has 0 amide bonds. The number of para-hydroxylation sites is 1. The zero-order valence-electron chi connectivity index (χ0n) is 10.5. The molecule has 94 valence electrons. The van der Waals surface area contributed by atoms with E-state index in [1.54, 1.807) is 24.7 Å². The van der Waals surface area contributed by atoms with Gasteiger partial charge in [0.15, 0.2) is 5.43 Å². The Morgan fingerprint density at radius 1 is 1.11 bits per heavy atom. The fourth-order valence-corrected chi connectivity index (χ4v) is 2.12.